The first kappa shape index (κ1) is 18.1. The molecule has 2 N–H and O–H groups in total. The number of amides is 3. The van der Waals surface area contributed by atoms with Crippen LogP contribution < -0.4 is 15.4 Å². The van der Waals surface area contributed by atoms with Gasteiger partial charge in [0.2, 0.25) is 5.91 Å². The molecule has 1 fully saturated rings. The molecule has 2 rings (SSSR count). The first-order valence-electron chi connectivity index (χ1n) is 8.19. The zero-order valence-electron chi connectivity index (χ0n) is 14.5. The monoisotopic (exact) mass is 334 g/mol. The first-order valence-corrected chi connectivity index (χ1v) is 8.19. The molecule has 0 aliphatic carbocycles. The van der Waals surface area contributed by atoms with Gasteiger partial charge in [0, 0.05) is 44.0 Å². The van der Waals surface area contributed by atoms with Gasteiger partial charge in [-0.3, -0.25) is 9.69 Å². The lowest BCUT2D eigenvalue weighted by Crippen LogP contribution is -2.52. The molecule has 0 aromatic heterocycles. The molecule has 0 atom stereocenters. The molecular weight excluding hydrogens is 308 g/mol. The lowest BCUT2D eigenvalue weighted by molar-refractivity contribution is -0.123. The van der Waals surface area contributed by atoms with Crippen LogP contribution in [-0.4, -0.2) is 67.6 Å². The van der Waals surface area contributed by atoms with E-state index in [0.29, 0.717) is 44.2 Å². The Morgan fingerprint density at radius 1 is 1.21 bits per heavy atom. The fourth-order valence-electron chi connectivity index (χ4n) is 2.58. The van der Waals surface area contributed by atoms with Gasteiger partial charge in [0.15, 0.2) is 0 Å². The van der Waals surface area contributed by atoms with Crippen LogP contribution in [0.4, 0.5) is 10.5 Å². The van der Waals surface area contributed by atoms with Gasteiger partial charge in [0.1, 0.15) is 5.75 Å². The predicted octanol–water partition coefficient (Wildman–Crippen LogP) is 1.37. The molecule has 0 spiro atoms. The lowest BCUT2D eigenvalue weighted by atomic mass is 10.3. The SMILES string of the molecule is COc1cccc(NC(=O)N2CCN(CC(=O)NC(C)C)CC2)c1. The number of benzene rings is 1. The molecule has 7 nitrogen and oxygen atoms in total. The first-order chi connectivity index (χ1) is 11.5. The van der Waals surface area contributed by atoms with E-state index < -0.39 is 0 Å². The normalized spacial score (nSPS) is 15.2. The molecule has 0 radical (unpaired) electrons. The van der Waals surface area contributed by atoms with Gasteiger partial charge in [0.05, 0.1) is 13.7 Å². The van der Waals surface area contributed by atoms with Crippen LogP contribution in [0, 0.1) is 0 Å². The summed E-state index contributed by atoms with van der Waals surface area (Å²) in [7, 11) is 1.59. The van der Waals surface area contributed by atoms with Gasteiger partial charge >= 0.3 is 6.03 Å². The summed E-state index contributed by atoms with van der Waals surface area (Å²) in [5.74, 6) is 0.730. The van der Waals surface area contributed by atoms with E-state index in [-0.39, 0.29) is 18.0 Å². The zero-order valence-corrected chi connectivity index (χ0v) is 14.5. The van der Waals surface area contributed by atoms with Crippen molar-refractivity contribution in [2.45, 2.75) is 19.9 Å². The highest BCUT2D eigenvalue weighted by Gasteiger charge is 2.22. The summed E-state index contributed by atoms with van der Waals surface area (Å²) in [5.41, 5.74) is 0.707. The van der Waals surface area contributed by atoms with Crippen molar-refractivity contribution >= 4 is 17.6 Å². The van der Waals surface area contributed by atoms with E-state index in [9.17, 15) is 9.59 Å². The molecule has 1 saturated heterocycles. The minimum atomic E-state index is -0.130. The van der Waals surface area contributed by atoms with Gasteiger partial charge in [-0.15, -0.1) is 0 Å². The van der Waals surface area contributed by atoms with Crippen molar-refractivity contribution in [3.63, 3.8) is 0 Å². The van der Waals surface area contributed by atoms with Crippen molar-refractivity contribution in [2.75, 3.05) is 45.2 Å². The van der Waals surface area contributed by atoms with Crippen LogP contribution in [0.25, 0.3) is 0 Å². The number of piperazine rings is 1. The number of carbonyl (C=O) groups is 2. The molecule has 1 aromatic rings. The Labute approximate surface area is 142 Å². The minimum Gasteiger partial charge on any atom is -0.497 e. The average Bonchev–Trinajstić information content (AvgIpc) is 2.54. The molecule has 0 unspecified atom stereocenters. The van der Waals surface area contributed by atoms with E-state index in [4.69, 9.17) is 4.74 Å². The number of rotatable bonds is 5. The van der Waals surface area contributed by atoms with Gasteiger partial charge in [-0.25, -0.2) is 4.79 Å². The second-order valence-electron chi connectivity index (χ2n) is 6.15. The predicted molar refractivity (Wildman–Crippen MR) is 93.3 cm³/mol. The van der Waals surface area contributed by atoms with Crippen LogP contribution in [0.3, 0.4) is 0 Å². The van der Waals surface area contributed by atoms with Crippen LogP contribution in [0.5, 0.6) is 5.75 Å². The highest BCUT2D eigenvalue weighted by molar-refractivity contribution is 5.89. The molecule has 1 aliphatic rings. The van der Waals surface area contributed by atoms with Crippen molar-refractivity contribution in [1.29, 1.82) is 0 Å². The smallest absolute Gasteiger partial charge is 0.321 e. The quantitative estimate of drug-likeness (QED) is 0.853. The third-order valence-corrected chi connectivity index (χ3v) is 3.80. The van der Waals surface area contributed by atoms with E-state index in [1.165, 1.54) is 0 Å². The number of hydrogen-bond donors (Lipinski definition) is 2. The molecule has 24 heavy (non-hydrogen) atoms. The standard InChI is InChI=1S/C17H26N4O3/c1-13(2)18-16(22)12-20-7-9-21(10-8-20)17(23)19-14-5-4-6-15(11-14)24-3/h4-6,11,13H,7-10,12H2,1-3H3,(H,18,22)(H,19,23). The summed E-state index contributed by atoms with van der Waals surface area (Å²) in [6.45, 7) is 6.85. The van der Waals surface area contributed by atoms with Gasteiger partial charge in [0.25, 0.3) is 0 Å². The van der Waals surface area contributed by atoms with Gasteiger partial charge in [-0.1, -0.05) is 6.07 Å². The fraction of sp³-hybridized carbons (Fsp3) is 0.529. The second kappa shape index (κ2) is 8.54. The van der Waals surface area contributed by atoms with E-state index in [1.54, 1.807) is 18.1 Å². The van der Waals surface area contributed by atoms with Crippen LogP contribution >= 0.6 is 0 Å². The number of nitrogens with one attached hydrogen (secondary N) is 2. The van der Waals surface area contributed by atoms with E-state index in [2.05, 4.69) is 15.5 Å². The maximum Gasteiger partial charge on any atom is 0.321 e. The number of nitrogens with zero attached hydrogens (tertiary/aromatic N) is 2. The number of hydrogen-bond acceptors (Lipinski definition) is 4. The van der Waals surface area contributed by atoms with Crippen LogP contribution in [0.15, 0.2) is 24.3 Å². The molecule has 132 valence electrons. The van der Waals surface area contributed by atoms with Crippen molar-refractivity contribution in [1.82, 2.24) is 15.1 Å². The van der Waals surface area contributed by atoms with Crippen LogP contribution in [-0.2, 0) is 4.79 Å². The summed E-state index contributed by atoms with van der Waals surface area (Å²) in [6, 6.07) is 7.29. The van der Waals surface area contributed by atoms with Crippen LogP contribution in [0.1, 0.15) is 13.8 Å². The molecule has 3 amide bonds. The Kier molecular flexibility index (Phi) is 6.43. The molecule has 1 aromatic carbocycles. The maximum absolute atomic E-state index is 12.3. The Balaban J connectivity index is 1.79. The zero-order chi connectivity index (χ0) is 17.5. The maximum atomic E-state index is 12.3. The van der Waals surface area contributed by atoms with Crippen molar-refractivity contribution < 1.29 is 14.3 Å². The van der Waals surface area contributed by atoms with Crippen molar-refractivity contribution in [3.05, 3.63) is 24.3 Å². The van der Waals surface area contributed by atoms with Gasteiger partial charge < -0.3 is 20.3 Å². The summed E-state index contributed by atoms with van der Waals surface area (Å²) < 4.78 is 5.15. The number of urea groups is 1. The number of carbonyl (C=O) groups excluding carboxylic acids is 2. The Hall–Kier alpha value is -2.28. The summed E-state index contributed by atoms with van der Waals surface area (Å²) in [6.07, 6.45) is 0. The Bertz CT molecular complexity index is 569. The van der Waals surface area contributed by atoms with Gasteiger partial charge in [-0.2, -0.15) is 0 Å². The van der Waals surface area contributed by atoms with E-state index in [1.807, 2.05) is 32.0 Å². The summed E-state index contributed by atoms with van der Waals surface area (Å²) in [5, 5.41) is 5.76. The third-order valence-electron chi connectivity index (χ3n) is 3.80. The molecule has 7 heteroatoms. The van der Waals surface area contributed by atoms with E-state index in [0.717, 1.165) is 0 Å². The lowest BCUT2D eigenvalue weighted by Gasteiger charge is -2.34. The largest absolute Gasteiger partial charge is 0.497 e. The highest BCUT2D eigenvalue weighted by atomic mass is 16.5. The molecule has 0 bridgehead atoms. The topological polar surface area (TPSA) is 73.9 Å². The fourth-order valence-corrected chi connectivity index (χ4v) is 2.58. The summed E-state index contributed by atoms with van der Waals surface area (Å²) >= 11 is 0. The van der Waals surface area contributed by atoms with Gasteiger partial charge in [-0.05, 0) is 26.0 Å². The number of methoxy groups -OCH3 is 1. The molecule has 1 aliphatic heterocycles. The molecular formula is C17H26N4O3. The molecule has 0 saturated carbocycles. The second-order valence-corrected chi connectivity index (χ2v) is 6.15. The van der Waals surface area contributed by atoms with Crippen molar-refractivity contribution in [2.24, 2.45) is 0 Å². The highest BCUT2D eigenvalue weighted by Crippen LogP contribution is 2.17. The third kappa shape index (κ3) is 5.42. The number of ether oxygens (including phenoxy) is 1. The summed E-state index contributed by atoms with van der Waals surface area (Å²) in [4.78, 5) is 27.9. The number of anilines is 1. The minimum absolute atomic E-state index is 0.0271. The average molecular weight is 334 g/mol. The van der Waals surface area contributed by atoms with Crippen LogP contribution in [0.2, 0.25) is 0 Å². The Morgan fingerprint density at radius 2 is 1.92 bits per heavy atom. The van der Waals surface area contributed by atoms with E-state index >= 15 is 0 Å². The van der Waals surface area contributed by atoms with Crippen molar-refractivity contribution in [3.8, 4) is 5.75 Å². The molecule has 1 heterocycles. The Morgan fingerprint density at radius 3 is 2.54 bits per heavy atom.